The molecule has 1 aromatic heterocycles. The summed E-state index contributed by atoms with van der Waals surface area (Å²) in [7, 11) is 0. The van der Waals surface area contributed by atoms with Gasteiger partial charge in [0.2, 0.25) is 5.89 Å². The maximum Gasteiger partial charge on any atom is 0.238 e. The highest BCUT2D eigenvalue weighted by Crippen LogP contribution is 2.29. The Morgan fingerprint density at radius 2 is 2.25 bits per heavy atom. The summed E-state index contributed by atoms with van der Waals surface area (Å²) < 4.78 is 5.19. The van der Waals surface area contributed by atoms with Crippen LogP contribution in [0.3, 0.4) is 0 Å². The van der Waals surface area contributed by atoms with Crippen molar-refractivity contribution in [2.75, 3.05) is 11.5 Å². The molecule has 3 rings (SSSR count). The number of carbonyl (C=O) groups is 1. The van der Waals surface area contributed by atoms with Gasteiger partial charge >= 0.3 is 0 Å². The highest BCUT2D eigenvalue weighted by Gasteiger charge is 2.31. The normalized spacial score (nSPS) is 18.7. The van der Waals surface area contributed by atoms with Crippen molar-refractivity contribution in [3.8, 4) is 0 Å². The number of hydrogen-bond donors (Lipinski definition) is 0. The Labute approximate surface area is 129 Å². The Balaban J connectivity index is 1.78. The van der Waals surface area contributed by atoms with E-state index in [1.807, 2.05) is 6.07 Å². The number of halogens is 2. The van der Waals surface area contributed by atoms with E-state index < -0.39 is 0 Å². The Morgan fingerprint density at radius 1 is 1.40 bits per heavy atom. The predicted molar refractivity (Wildman–Crippen MR) is 78.6 cm³/mol. The van der Waals surface area contributed by atoms with Gasteiger partial charge < -0.3 is 4.52 Å². The number of carbonyl (C=O) groups excluding carboxylic acids is 1. The van der Waals surface area contributed by atoms with Gasteiger partial charge in [0.1, 0.15) is 5.92 Å². The first-order valence-electron chi connectivity index (χ1n) is 6.00. The van der Waals surface area contributed by atoms with Gasteiger partial charge in [-0.25, -0.2) is 0 Å². The van der Waals surface area contributed by atoms with Crippen molar-refractivity contribution in [3.05, 3.63) is 45.5 Å². The van der Waals surface area contributed by atoms with E-state index in [-0.39, 0.29) is 11.7 Å². The first kappa shape index (κ1) is 13.9. The lowest BCUT2D eigenvalue weighted by molar-refractivity contribution is -0.117. The lowest BCUT2D eigenvalue weighted by Gasteiger charge is -2.01. The van der Waals surface area contributed by atoms with Crippen molar-refractivity contribution in [1.29, 1.82) is 0 Å². The number of thioether (sulfide) groups is 1. The first-order valence-corrected chi connectivity index (χ1v) is 7.91. The number of rotatable bonds is 3. The van der Waals surface area contributed by atoms with Crippen molar-refractivity contribution in [3.63, 3.8) is 0 Å². The summed E-state index contributed by atoms with van der Waals surface area (Å²) in [6.07, 6.45) is 0.452. The van der Waals surface area contributed by atoms with E-state index in [1.54, 1.807) is 23.9 Å². The zero-order chi connectivity index (χ0) is 14.1. The predicted octanol–water partition coefficient (Wildman–Crippen LogP) is 3.37. The van der Waals surface area contributed by atoms with Crippen molar-refractivity contribution in [1.82, 2.24) is 10.1 Å². The second-order valence-electron chi connectivity index (χ2n) is 4.50. The van der Waals surface area contributed by atoms with Crippen LogP contribution in [0.1, 0.15) is 23.2 Å². The van der Waals surface area contributed by atoms with E-state index in [0.29, 0.717) is 39.7 Å². The maximum atomic E-state index is 11.6. The van der Waals surface area contributed by atoms with E-state index in [9.17, 15) is 4.79 Å². The molecule has 0 amide bonds. The Hall–Kier alpha value is -1.04. The third-order valence-corrected chi connectivity index (χ3v) is 4.71. The van der Waals surface area contributed by atoms with Gasteiger partial charge in [-0.1, -0.05) is 34.4 Å². The van der Waals surface area contributed by atoms with E-state index in [4.69, 9.17) is 27.7 Å². The third-order valence-electron chi connectivity index (χ3n) is 3.06. The monoisotopic (exact) mass is 328 g/mol. The number of benzene rings is 1. The van der Waals surface area contributed by atoms with Gasteiger partial charge in [-0.2, -0.15) is 16.7 Å². The highest BCUT2D eigenvalue weighted by molar-refractivity contribution is 8.00. The van der Waals surface area contributed by atoms with Crippen LogP contribution in [0.5, 0.6) is 0 Å². The summed E-state index contributed by atoms with van der Waals surface area (Å²) in [5.41, 5.74) is 0.871. The average molecular weight is 329 g/mol. The van der Waals surface area contributed by atoms with Crippen LogP contribution in [-0.4, -0.2) is 27.4 Å². The molecular formula is C13H10Cl2N2O2S. The molecule has 0 saturated carbocycles. The van der Waals surface area contributed by atoms with Crippen molar-refractivity contribution < 1.29 is 9.32 Å². The molecular weight excluding hydrogens is 319 g/mol. The largest absolute Gasteiger partial charge is 0.339 e. The first-order chi connectivity index (χ1) is 9.63. The molecule has 1 atom stereocenters. The zero-order valence-corrected chi connectivity index (χ0v) is 12.6. The van der Waals surface area contributed by atoms with Crippen LogP contribution in [0.15, 0.2) is 22.7 Å². The van der Waals surface area contributed by atoms with Gasteiger partial charge in [0.25, 0.3) is 0 Å². The third kappa shape index (κ3) is 2.85. The van der Waals surface area contributed by atoms with Crippen molar-refractivity contribution >= 4 is 40.7 Å². The van der Waals surface area contributed by atoms with Crippen molar-refractivity contribution in [2.45, 2.75) is 12.3 Å². The number of aromatic nitrogens is 2. The van der Waals surface area contributed by atoms with Crippen LogP contribution in [0.4, 0.5) is 0 Å². The number of hydrogen-bond acceptors (Lipinski definition) is 5. The molecule has 0 spiro atoms. The van der Waals surface area contributed by atoms with Crippen LogP contribution in [-0.2, 0) is 11.2 Å². The lowest BCUT2D eigenvalue weighted by Crippen LogP contribution is -2.09. The van der Waals surface area contributed by atoms with Crippen LogP contribution in [0, 0.1) is 0 Å². The number of nitrogens with zero attached hydrogens (tertiary/aromatic N) is 2. The SMILES string of the molecule is O=C1CSCC1c1nc(Cc2ccc(Cl)cc2Cl)no1. The molecule has 2 aromatic rings. The average Bonchev–Trinajstić information content (AvgIpc) is 3.01. The number of ketones is 1. The molecule has 0 radical (unpaired) electrons. The van der Waals surface area contributed by atoms with E-state index >= 15 is 0 Å². The van der Waals surface area contributed by atoms with Crippen molar-refractivity contribution in [2.24, 2.45) is 0 Å². The van der Waals surface area contributed by atoms with Gasteiger partial charge in [-0.05, 0) is 17.7 Å². The summed E-state index contributed by atoms with van der Waals surface area (Å²) in [5, 5.41) is 5.07. The minimum absolute atomic E-state index is 0.148. The zero-order valence-electron chi connectivity index (χ0n) is 10.3. The Kier molecular flexibility index (Phi) is 4.01. The summed E-state index contributed by atoms with van der Waals surface area (Å²) in [5.74, 6) is 2.04. The summed E-state index contributed by atoms with van der Waals surface area (Å²) in [6, 6.07) is 5.27. The molecule has 104 valence electrons. The molecule has 7 heteroatoms. The summed E-state index contributed by atoms with van der Waals surface area (Å²) >= 11 is 13.5. The number of Topliss-reactive ketones (excluding diaryl/α,β-unsaturated/α-hetero) is 1. The fourth-order valence-corrected chi connectivity index (χ4v) is 3.56. The van der Waals surface area contributed by atoms with E-state index in [1.165, 1.54) is 0 Å². The molecule has 1 aromatic carbocycles. The standard InChI is InChI=1S/C13H10Cl2N2O2S/c14-8-2-1-7(10(15)4-8)3-12-16-13(19-17-12)9-5-20-6-11(9)18/h1-2,4,9H,3,5-6H2. The minimum Gasteiger partial charge on any atom is -0.339 e. The molecule has 0 bridgehead atoms. The summed E-state index contributed by atoms with van der Waals surface area (Å²) in [6.45, 7) is 0. The van der Waals surface area contributed by atoms with Gasteiger partial charge in [0.05, 0.1) is 5.75 Å². The fraction of sp³-hybridized carbons (Fsp3) is 0.308. The molecule has 1 saturated heterocycles. The molecule has 2 heterocycles. The van der Waals surface area contributed by atoms with Gasteiger partial charge in [0, 0.05) is 22.2 Å². The van der Waals surface area contributed by atoms with Gasteiger partial charge in [-0.3, -0.25) is 4.79 Å². The summed E-state index contributed by atoms with van der Waals surface area (Å²) in [4.78, 5) is 15.9. The van der Waals surface area contributed by atoms with Crippen LogP contribution in [0.25, 0.3) is 0 Å². The molecule has 4 nitrogen and oxygen atoms in total. The van der Waals surface area contributed by atoms with E-state index in [2.05, 4.69) is 10.1 Å². The molecule has 20 heavy (non-hydrogen) atoms. The Bertz CT molecular complexity index is 660. The molecule has 0 aliphatic carbocycles. The van der Waals surface area contributed by atoms with E-state index in [0.717, 1.165) is 5.56 Å². The second kappa shape index (κ2) is 5.76. The molecule has 1 aliphatic heterocycles. The molecule has 1 unspecified atom stereocenters. The molecule has 1 aliphatic rings. The molecule has 1 fully saturated rings. The van der Waals surface area contributed by atoms with Crippen LogP contribution >= 0.6 is 35.0 Å². The Morgan fingerprint density at radius 3 is 2.95 bits per heavy atom. The van der Waals surface area contributed by atoms with Gasteiger partial charge in [-0.15, -0.1) is 0 Å². The topological polar surface area (TPSA) is 56.0 Å². The maximum absolute atomic E-state index is 11.6. The fourth-order valence-electron chi connectivity index (χ4n) is 2.00. The lowest BCUT2D eigenvalue weighted by atomic mass is 10.1. The van der Waals surface area contributed by atoms with Crippen LogP contribution in [0.2, 0.25) is 10.0 Å². The quantitative estimate of drug-likeness (QED) is 0.864. The van der Waals surface area contributed by atoms with Crippen LogP contribution < -0.4 is 0 Å². The van der Waals surface area contributed by atoms with Gasteiger partial charge in [0.15, 0.2) is 11.6 Å². The second-order valence-corrected chi connectivity index (χ2v) is 6.37. The minimum atomic E-state index is -0.262. The highest BCUT2D eigenvalue weighted by atomic mass is 35.5. The molecule has 0 N–H and O–H groups in total. The smallest absolute Gasteiger partial charge is 0.238 e.